The number of hydrogen-bond donors (Lipinski definition) is 1. The molecule has 3 rings (SSSR count). The van der Waals surface area contributed by atoms with Gasteiger partial charge in [-0.3, -0.25) is 4.79 Å². The minimum Gasteiger partial charge on any atom is -0.489 e. The third-order valence-corrected chi connectivity index (χ3v) is 4.54. The lowest BCUT2D eigenvalue weighted by Gasteiger charge is -2.07. The molecule has 0 heterocycles. The quantitative estimate of drug-likeness (QED) is 0.379. The number of halogens is 1. The van der Waals surface area contributed by atoms with Gasteiger partial charge in [-0.2, -0.15) is 0 Å². The van der Waals surface area contributed by atoms with Gasteiger partial charge in [0.1, 0.15) is 12.4 Å². The maximum Gasteiger partial charge on any atom is 0.331 e. The van der Waals surface area contributed by atoms with Crippen LogP contribution in [0.3, 0.4) is 0 Å². The van der Waals surface area contributed by atoms with Gasteiger partial charge in [0.05, 0.1) is 0 Å². The number of amides is 1. The predicted octanol–water partition coefficient (Wildman–Crippen LogP) is 5.42. The summed E-state index contributed by atoms with van der Waals surface area (Å²) >= 11 is 5.87. The fourth-order valence-electron chi connectivity index (χ4n) is 2.61. The second-order valence-corrected chi connectivity index (χ2v) is 7.28. The average molecular weight is 436 g/mol. The first-order chi connectivity index (χ1) is 15.0. The van der Waals surface area contributed by atoms with E-state index in [1.54, 1.807) is 18.2 Å². The van der Waals surface area contributed by atoms with Crippen LogP contribution in [0.15, 0.2) is 78.9 Å². The Balaban J connectivity index is 1.41. The maximum atomic E-state index is 11.9. The van der Waals surface area contributed by atoms with Crippen LogP contribution in [0.2, 0.25) is 5.02 Å². The van der Waals surface area contributed by atoms with Crippen molar-refractivity contribution in [3.63, 3.8) is 0 Å². The highest BCUT2D eigenvalue weighted by Crippen LogP contribution is 2.16. The van der Waals surface area contributed by atoms with Crippen molar-refractivity contribution in [1.29, 1.82) is 0 Å². The Labute approximate surface area is 186 Å². The number of ether oxygens (including phenoxy) is 2. The summed E-state index contributed by atoms with van der Waals surface area (Å²) in [6.45, 7) is 2.04. The molecule has 31 heavy (non-hydrogen) atoms. The zero-order chi connectivity index (χ0) is 22.1. The van der Waals surface area contributed by atoms with Crippen molar-refractivity contribution in [2.45, 2.75) is 13.5 Å². The highest BCUT2D eigenvalue weighted by atomic mass is 35.5. The number of rotatable bonds is 8. The smallest absolute Gasteiger partial charge is 0.331 e. The SMILES string of the molecule is Cc1ccc(NC(=O)COC(=O)C=Cc2ccc(OCc3ccc(Cl)cc3)cc2)cc1. The van der Waals surface area contributed by atoms with E-state index in [1.807, 2.05) is 67.6 Å². The number of aryl methyl sites for hydroxylation is 1. The van der Waals surface area contributed by atoms with Gasteiger partial charge in [0.15, 0.2) is 6.61 Å². The lowest BCUT2D eigenvalue weighted by molar-refractivity contribution is -0.142. The number of hydrogen-bond acceptors (Lipinski definition) is 4. The van der Waals surface area contributed by atoms with Crippen molar-refractivity contribution >= 4 is 35.2 Å². The van der Waals surface area contributed by atoms with Gasteiger partial charge in [0, 0.05) is 16.8 Å². The largest absolute Gasteiger partial charge is 0.489 e. The molecular formula is C25H22ClNO4. The second-order valence-electron chi connectivity index (χ2n) is 6.84. The topological polar surface area (TPSA) is 64.6 Å². The summed E-state index contributed by atoms with van der Waals surface area (Å²) in [5.41, 5.74) is 3.57. The van der Waals surface area contributed by atoms with Crippen LogP contribution < -0.4 is 10.1 Å². The van der Waals surface area contributed by atoms with E-state index in [-0.39, 0.29) is 6.61 Å². The lowest BCUT2D eigenvalue weighted by Crippen LogP contribution is -2.20. The first-order valence-corrected chi connectivity index (χ1v) is 10.0. The highest BCUT2D eigenvalue weighted by molar-refractivity contribution is 6.30. The molecule has 0 saturated heterocycles. The monoisotopic (exact) mass is 435 g/mol. The van der Waals surface area contributed by atoms with Gasteiger partial charge < -0.3 is 14.8 Å². The zero-order valence-corrected chi connectivity index (χ0v) is 17.8. The van der Waals surface area contributed by atoms with Crippen LogP contribution in [0.5, 0.6) is 5.75 Å². The molecule has 6 heteroatoms. The van der Waals surface area contributed by atoms with Gasteiger partial charge in [-0.15, -0.1) is 0 Å². The van der Waals surface area contributed by atoms with Gasteiger partial charge >= 0.3 is 5.97 Å². The van der Waals surface area contributed by atoms with E-state index in [2.05, 4.69) is 5.32 Å². The minimum atomic E-state index is -0.595. The number of nitrogens with one attached hydrogen (secondary N) is 1. The van der Waals surface area contributed by atoms with Crippen LogP contribution >= 0.6 is 11.6 Å². The van der Waals surface area contributed by atoms with Gasteiger partial charge in [-0.25, -0.2) is 4.79 Å². The Kier molecular flexibility index (Phi) is 7.85. The van der Waals surface area contributed by atoms with E-state index in [0.29, 0.717) is 23.1 Å². The van der Waals surface area contributed by atoms with Gasteiger partial charge in [-0.1, -0.05) is 53.6 Å². The molecule has 0 radical (unpaired) electrons. The first kappa shape index (κ1) is 22.1. The Hall–Kier alpha value is -3.57. The molecule has 0 saturated carbocycles. The number of benzene rings is 3. The summed E-state index contributed by atoms with van der Waals surface area (Å²) in [7, 11) is 0. The molecule has 0 bridgehead atoms. The fourth-order valence-corrected chi connectivity index (χ4v) is 2.73. The van der Waals surface area contributed by atoms with Gasteiger partial charge in [-0.05, 0) is 60.5 Å². The van der Waals surface area contributed by atoms with Gasteiger partial charge in [0.2, 0.25) is 0 Å². The molecule has 0 aliphatic rings. The van der Waals surface area contributed by atoms with Crippen molar-refractivity contribution in [2.75, 3.05) is 11.9 Å². The van der Waals surface area contributed by atoms with Crippen molar-refractivity contribution in [3.05, 3.63) is 101 Å². The van der Waals surface area contributed by atoms with Crippen molar-refractivity contribution in [2.24, 2.45) is 0 Å². The number of carbonyl (C=O) groups is 2. The summed E-state index contributed by atoms with van der Waals surface area (Å²) in [6, 6.07) is 22.1. The van der Waals surface area contributed by atoms with E-state index in [9.17, 15) is 9.59 Å². The Bertz CT molecular complexity index is 1040. The third kappa shape index (κ3) is 7.64. The number of carbonyl (C=O) groups excluding carboxylic acids is 2. The Morgan fingerprint density at radius 2 is 1.61 bits per heavy atom. The molecule has 0 fully saturated rings. The first-order valence-electron chi connectivity index (χ1n) is 9.66. The normalized spacial score (nSPS) is 10.6. The molecule has 1 amide bonds. The molecule has 3 aromatic carbocycles. The Morgan fingerprint density at radius 1 is 0.935 bits per heavy atom. The molecule has 0 atom stereocenters. The highest BCUT2D eigenvalue weighted by Gasteiger charge is 2.05. The molecule has 0 aromatic heterocycles. The van der Waals surface area contributed by atoms with Crippen molar-refractivity contribution in [3.8, 4) is 5.75 Å². The van der Waals surface area contributed by atoms with Crippen LogP contribution in [-0.4, -0.2) is 18.5 Å². The summed E-state index contributed by atoms with van der Waals surface area (Å²) in [5, 5.41) is 3.36. The number of esters is 1. The molecule has 0 aliphatic carbocycles. The van der Waals surface area contributed by atoms with Gasteiger partial charge in [0.25, 0.3) is 5.91 Å². The van der Waals surface area contributed by atoms with E-state index < -0.39 is 11.9 Å². The van der Waals surface area contributed by atoms with E-state index >= 15 is 0 Å². The van der Waals surface area contributed by atoms with E-state index in [1.165, 1.54) is 6.08 Å². The zero-order valence-electron chi connectivity index (χ0n) is 17.0. The van der Waals surface area contributed by atoms with Crippen LogP contribution in [0.1, 0.15) is 16.7 Å². The lowest BCUT2D eigenvalue weighted by atomic mass is 10.2. The molecule has 0 unspecified atom stereocenters. The Morgan fingerprint density at radius 3 is 2.29 bits per heavy atom. The molecular weight excluding hydrogens is 414 g/mol. The fraction of sp³-hybridized carbons (Fsp3) is 0.120. The second kappa shape index (κ2) is 11.0. The van der Waals surface area contributed by atoms with Crippen LogP contribution in [0.4, 0.5) is 5.69 Å². The molecule has 3 aromatic rings. The van der Waals surface area contributed by atoms with Crippen LogP contribution in [0, 0.1) is 6.92 Å². The standard InChI is InChI=1S/C25H22ClNO4/c1-18-2-11-22(12-3-18)27-24(28)17-31-25(29)15-8-19-6-13-23(14-7-19)30-16-20-4-9-21(26)10-5-20/h2-15H,16-17H2,1H3,(H,27,28). The third-order valence-electron chi connectivity index (χ3n) is 4.29. The van der Waals surface area contributed by atoms with E-state index in [4.69, 9.17) is 21.1 Å². The summed E-state index contributed by atoms with van der Waals surface area (Å²) in [4.78, 5) is 23.7. The summed E-state index contributed by atoms with van der Waals surface area (Å²) in [5.74, 6) is -0.280. The molecule has 5 nitrogen and oxygen atoms in total. The molecule has 1 N–H and O–H groups in total. The number of anilines is 1. The van der Waals surface area contributed by atoms with Crippen molar-refractivity contribution in [1.82, 2.24) is 0 Å². The van der Waals surface area contributed by atoms with Crippen LogP contribution in [-0.2, 0) is 20.9 Å². The van der Waals surface area contributed by atoms with E-state index in [0.717, 1.165) is 16.7 Å². The maximum absolute atomic E-state index is 11.9. The predicted molar refractivity (Wildman–Crippen MR) is 122 cm³/mol. The minimum absolute atomic E-state index is 0.353. The average Bonchev–Trinajstić information content (AvgIpc) is 2.78. The van der Waals surface area contributed by atoms with Crippen molar-refractivity contribution < 1.29 is 19.1 Å². The molecule has 158 valence electrons. The summed E-state index contributed by atoms with van der Waals surface area (Å²) < 4.78 is 10.7. The summed E-state index contributed by atoms with van der Waals surface area (Å²) in [6.07, 6.45) is 2.89. The van der Waals surface area contributed by atoms with Crippen LogP contribution in [0.25, 0.3) is 6.08 Å². The molecule has 0 aliphatic heterocycles. The molecule has 0 spiro atoms.